The van der Waals surface area contributed by atoms with Crippen molar-refractivity contribution in [2.45, 2.75) is 0 Å². The number of nitrogens with one attached hydrogen (secondary N) is 1. The van der Waals surface area contributed by atoms with Crippen LogP contribution >= 0.6 is 15.9 Å². The monoisotopic (exact) mass is 377 g/mol. The number of carbonyl (C=O) groups excluding carboxylic acids is 1. The molecular weight excluding hydrogens is 368 g/mol. The number of benzene rings is 2. The van der Waals surface area contributed by atoms with Crippen LogP contribution in [0.1, 0.15) is 10.4 Å². The average Bonchev–Trinajstić information content (AvgIpc) is 2.98. The Hall–Kier alpha value is -2.54. The second kappa shape index (κ2) is 6.29. The van der Waals surface area contributed by atoms with E-state index in [4.69, 9.17) is 0 Å². The molecule has 0 spiro atoms. The minimum absolute atomic E-state index is 0.0357. The van der Waals surface area contributed by atoms with Crippen molar-refractivity contribution in [2.75, 3.05) is 5.32 Å². The van der Waals surface area contributed by atoms with Gasteiger partial charge in [-0.15, -0.1) is 5.10 Å². The molecule has 0 radical (unpaired) electrons. The molecule has 23 heavy (non-hydrogen) atoms. The van der Waals surface area contributed by atoms with E-state index in [1.807, 2.05) is 0 Å². The molecule has 0 aliphatic rings. The van der Waals surface area contributed by atoms with E-state index in [-0.39, 0.29) is 17.4 Å². The van der Waals surface area contributed by atoms with Crippen LogP contribution in [0.4, 0.5) is 14.6 Å². The minimum Gasteiger partial charge on any atom is -0.305 e. The first-order valence-corrected chi connectivity index (χ1v) is 7.41. The van der Waals surface area contributed by atoms with E-state index in [0.717, 1.165) is 10.7 Å². The van der Waals surface area contributed by atoms with Gasteiger partial charge in [-0.2, -0.15) is 0 Å². The number of carbonyl (C=O) groups is 1. The largest absolute Gasteiger partial charge is 0.305 e. The Morgan fingerprint density at radius 3 is 2.65 bits per heavy atom. The van der Waals surface area contributed by atoms with Gasteiger partial charge in [0.15, 0.2) is 17.5 Å². The maximum atomic E-state index is 13.7. The lowest BCUT2D eigenvalue weighted by molar-refractivity contribution is 0.102. The SMILES string of the molecule is O=C(Nc1ccn(-c2cccc(F)c2F)n1)c1ccccc1Br. The molecule has 0 unspecified atom stereocenters. The molecule has 3 aromatic rings. The van der Waals surface area contributed by atoms with Crippen LogP contribution in [-0.4, -0.2) is 15.7 Å². The maximum absolute atomic E-state index is 13.7. The zero-order chi connectivity index (χ0) is 16.4. The van der Waals surface area contributed by atoms with Crippen LogP contribution in [0.2, 0.25) is 0 Å². The summed E-state index contributed by atoms with van der Waals surface area (Å²) in [5.74, 6) is -2.09. The third-order valence-electron chi connectivity index (χ3n) is 3.13. The van der Waals surface area contributed by atoms with E-state index in [0.29, 0.717) is 10.0 Å². The van der Waals surface area contributed by atoms with Gasteiger partial charge < -0.3 is 5.32 Å². The summed E-state index contributed by atoms with van der Waals surface area (Å²) in [6.45, 7) is 0. The smallest absolute Gasteiger partial charge is 0.258 e. The van der Waals surface area contributed by atoms with Gasteiger partial charge in [-0.05, 0) is 40.2 Å². The van der Waals surface area contributed by atoms with E-state index in [1.54, 1.807) is 24.3 Å². The maximum Gasteiger partial charge on any atom is 0.258 e. The topological polar surface area (TPSA) is 46.9 Å². The Bertz CT molecular complexity index is 879. The first-order chi connectivity index (χ1) is 11.1. The molecule has 7 heteroatoms. The standard InChI is InChI=1S/C16H10BrF2N3O/c17-11-5-2-1-4-10(11)16(23)20-14-8-9-22(21-14)13-7-3-6-12(18)15(13)19/h1-9H,(H,20,21,23). The highest BCUT2D eigenvalue weighted by Crippen LogP contribution is 2.19. The van der Waals surface area contributed by atoms with Crippen LogP contribution in [0, 0.1) is 11.6 Å². The molecule has 1 N–H and O–H groups in total. The highest BCUT2D eigenvalue weighted by molar-refractivity contribution is 9.10. The molecule has 3 rings (SSSR count). The number of hydrogen-bond donors (Lipinski definition) is 1. The summed E-state index contributed by atoms with van der Waals surface area (Å²) in [7, 11) is 0. The zero-order valence-corrected chi connectivity index (χ0v) is 13.2. The van der Waals surface area contributed by atoms with E-state index in [1.165, 1.54) is 24.4 Å². The van der Waals surface area contributed by atoms with Crippen molar-refractivity contribution < 1.29 is 13.6 Å². The number of anilines is 1. The van der Waals surface area contributed by atoms with E-state index in [9.17, 15) is 13.6 Å². The first-order valence-electron chi connectivity index (χ1n) is 6.62. The number of amides is 1. The van der Waals surface area contributed by atoms with Gasteiger partial charge in [0, 0.05) is 16.7 Å². The summed E-state index contributed by atoms with van der Waals surface area (Å²) in [5.41, 5.74) is 0.408. The van der Waals surface area contributed by atoms with Gasteiger partial charge >= 0.3 is 0 Å². The summed E-state index contributed by atoms with van der Waals surface area (Å²) >= 11 is 3.29. The van der Waals surface area contributed by atoms with Gasteiger partial charge in [0.05, 0.1) is 5.56 Å². The highest BCUT2D eigenvalue weighted by atomic mass is 79.9. The lowest BCUT2D eigenvalue weighted by Gasteiger charge is -2.05. The van der Waals surface area contributed by atoms with Crippen molar-refractivity contribution in [3.63, 3.8) is 0 Å². The Kier molecular flexibility index (Phi) is 4.20. The lowest BCUT2D eigenvalue weighted by atomic mass is 10.2. The van der Waals surface area contributed by atoms with Gasteiger partial charge in [-0.1, -0.05) is 18.2 Å². The molecule has 0 aliphatic heterocycles. The van der Waals surface area contributed by atoms with Crippen molar-refractivity contribution in [1.29, 1.82) is 0 Å². The number of rotatable bonds is 3. The number of nitrogens with zero attached hydrogens (tertiary/aromatic N) is 2. The molecular formula is C16H10BrF2N3O. The molecule has 1 aromatic heterocycles. The van der Waals surface area contributed by atoms with Crippen LogP contribution < -0.4 is 5.32 Å². The molecule has 0 saturated carbocycles. The van der Waals surface area contributed by atoms with Crippen LogP contribution in [0.25, 0.3) is 5.69 Å². The third-order valence-corrected chi connectivity index (χ3v) is 3.82. The van der Waals surface area contributed by atoms with Crippen molar-refractivity contribution >= 4 is 27.7 Å². The predicted molar refractivity (Wildman–Crippen MR) is 85.6 cm³/mol. The number of aromatic nitrogens is 2. The summed E-state index contributed by atoms with van der Waals surface area (Å²) in [4.78, 5) is 12.2. The van der Waals surface area contributed by atoms with Gasteiger partial charge in [0.25, 0.3) is 5.91 Å². The fourth-order valence-electron chi connectivity index (χ4n) is 2.02. The fraction of sp³-hybridized carbons (Fsp3) is 0. The van der Waals surface area contributed by atoms with Crippen molar-refractivity contribution in [2.24, 2.45) is 0 Å². The Balaban J connectivity index is 1.84. The molecule has 0 saturated heterocycles. The normalized spacial score (nSPS) is 10.6. The average molecular weight is 378 g/mol. The van der Waals surface area contributed by atoms with Gasteiger partial charge in [-0.3, -0.25) is 4.79 Å². The Morgan fingerprint density at radius 1 is 1.09 bits per heavy atom. The second-order valence-corrected chi connectivity index (χ2v) is 5.51. The van der Waals surface area contributed by atoms with Gasteiger partial charge in [0.1, 0.15) is 5.69 Å². The molecule has 4 nitrogen and oxygen atoms in total. The summed E-state index contributed by atoms with van der Waals surface area (Å²) in [6.07, 6.45) is 1.44. The Labute approximate surface area is 138 Å². The molecule has 0 bridgehead atoms. The molecule has 1 amide bonds. The van der Waals surface area contributed by atoms with Crippen LogP contribution in [0.5, 0.6) is 0 Å². The first kappa shape index (κ1) is 15.4. The summed E-state index contributed by atoms with van der Waals surface area (Å²) in [5, 5.41) is 6.65. The van der Waals surface area contributed by atoms with Gasteiger partial charge in [-0.25, -0.2) is 13.5 Å². The fourth-order valence-corrected chi connectivity index (χ4v) is 2.49. The molecule has 0 aliphatic carbocycles. The van der Waals surface area contributed by atoms with E-state index >= 15 is 0 Å². The van der Waals surface area contributed by atoms with E-state index < -0.39 is 11.6 Å². The van der Waals surface area contributed by atoms with Crippen molar-refractivity contribution in [3.05, 3.63) is 76.4 Å². The summed E-state index contributed by atoms with van der Waals surface area (Å²) in [6, 6.07) is 12.2. The van der Waals surface area contributed by atoms with E-state index in [2.05, 4.69) is 26.3 Å². The third kappa shape index (κ3) is 3.14. The second-order valence-electron chi connectivity index (χ2n) is 4.65. The minimum atomic E-state index is -1.00. The van der Waals surface area contributed by atoms with Crippen molar-refractivity contribution in [1.82, 2.24) is 9.78 Å². The zero-order valence-electron chi connectivity index (χ0n) is 11.6. The highest BCUT2D eigenvalue weighted by Gasteiger charge is 2.13. The van der Waals surface area contributed by atoms with Crippen molar-refractivity contribution in [3.8, 4) is 5.69 Å². The number of hydrogen-bond acceptors (Lipinski definition) is 2. The summed E-state index contributed by atoms with van der Waals surface area (Å²) < 4.78 is 28.8. The Morgan fingerprint density at radius 2 is 1.87 bits per heavy atom. The quantitative estimate of drug-likeness (QED) is 0.744. The molecule has 0 atom stereocenters. The molecule has 1 heterocycles. The molecule has 0 fully saturated rings. The van der Waals surface area contributed by atoms with Crippen LogP contribution in [0.3, 0.4) is 0 Å². The van der Waals surface area contributed by atoms with Gasteiger partial charge in [0.2, 0.25) is 0 Å². The lowest BCUT2D eigenvalue weighted by Crippen LogP contribution is -2.13. The molecule has 2 aromatic carbocycles. The van der Waals surface area contributed by atoms with Crippen LogP contribution in [0.15, 0.2) is 59.2 Å². The predicted octanol–water partition coefficient (Wildman–Crippen LogP) is 4.17. The van der Waals surface area contributed by atoms with Crippen LogP contribution in [-0.2, 0) is 0 Å². The molecule has 116 valence electrons. The number of halogens is 3.